The van der Waals surface area contributed by atoms with Crippen LogP contribution in [-0.4, -0.2) is 32.0 Å². The Morgan fingerprint density at radius 1 is 1.19 bits per heavy atom. The highest BCUT2D eigenvalue weighted by Crippen LogP contribution is 2.14. The zero-order valence-electron chi connectivity index (χ0n) is 8.98. The van der Waals surface area contributed by atoms with E-state index in [0.717, 1.165) is 19.3 Å². The average Bonchev–Trinajstić information content (AvgIpc) is 2.19. The van der Waals surface area contributed by atoms with E-state index in [2.05, 4.69) is 10.1 Å². The first kappa shape index (κ1) is 15.0. The van der Waals surface area contributed by atoms with E-state index in [9.17, 15) is 18.0 Å². The number of nitrogens with one attached hydrogen (secondary N) is 1. The van der Waals surface area contributed by atoms with Crippen molar-refractivity contribution in [1.82, 2.24) is 5.32 Å². The fraction of sp³-hybridized carbons (Fsp3) is 0.889. The second-order valence-corrected chi connectivity index (χ2v) is 3.32. The molecule has 1 amide bonds. The summed E-state index contributed by atoms with van der Waals surface area (Å²) in [6.45, 7) is -0.603. The molecule has 0 aromatic rings. The smallest absolute Gasteiger partial charge is 0.422 e. The van der Waals surface area contributed by atoms with Gasteiger partial charge in [0.1, 0.15) is 0 Å². The van der Waals surface area contributed by atoms with Crippen LogP contribution in [-0.2, 0) is 4.74 Å². The number of carbonyl (C=O) groups is 1. The maximum absolute atomic E-state index is 11.6. The van der Waals surface area contributed by atoms with Gasteiger partial charge < -0.3 is 15.8 Å². The molecule has 0 fully saturated rings. The summed E-state index contributed by atoms with van der Waals surface area (Å²) in [6, 6.07) is 0. The zero-order chi connectivity index (χ0) is 12.4. The molecule has 0 atom stereocenters. The Morgan fingerprint density at radius 2 is 1.81 bits per heavy atom. The molecule has 16 heavy (non-hydrogen) atoms. The van der Waals surface area contributed by atoms with Crippen LogP contribution in [0.25, 0.3) is 0 Å². The average molecular weight is 242 g/mol. The highest BCUT2D eigenvalue weighted by Gasteiger charge is 2.29. The molecule has 0 unspecified atom stereocenters. The summed E-state index contributed by atoms with van der Waals surface area (Å²) in [5, 5.41) is 2.24. The third-order valence-electron chi connectivity index (χ3n) is 1.77. The Balaban J connectivity index is 3.31. The number of rotatable bonds is 7. The van der Waals surface area contributed by atoms with Gasteiger partial charge in [0, 0.05) is 6.54 Å². The summed E-state index contributed by atoms with van der Waals surface area (Å²) in [5.74, 6) is 0. The van der Waals surface area contributed by atoms with Crippen LogP contribution in [0.15, 0.2) is 0 Å². The molecule has 0 aliphatic carbocycles. The fourth-order valence-corrected chi connectivity index (χ4v) is 1.01. The van der Waals surface area contributed by atoms with E-state index >= 15 is 0 Å². The molecule has 0 heterocycles. The summed E-state index contributed by atoms with van der Waals surface area (Å²) < 4.78 is 38.8. The van der Waals surface area contributed by atoms with Crippen LogP contribution in [0.5, 0.6) is 0 Å². The fourth-order valence-electron chi connectivity index (χ4n) is 1.01. The van der Waals surface area contributed by atoms with Crippen LogP contribution in [0.1, 0.15) is 25.7 Å². The Kier molecular flexibility index (Phi) is 7.70. The van der Waals surface area contributed by atoms with Crippen molar-refractivity contribution in [1.29, 1.82) is 0 Å². The van der Waals surface area contributed by atoms with Crippen LogP contribution in [0, 0.1) is 0 Å². The van der Waals surface area contributed by atoms with Gasteiger partial charge >= 0.3 is 12.3 Å². The van der Waals surface area contributed by atoms with Gasteiger partial charge in [-0.1, -0.05) is 12.8 Å². The molecule has 96 valence electrons. The predicted octanol–water partition coefficient (Wildman–Crippen LogP) is 1.79. The van der Waals surface area contributed by atoms with Gasteiger partial charge in [-0.05, 0) is 19.4 Å². The molecule has 0 rings (SSSR count). The number of nitrogens with two attached hydrogens (primary N) is 1. The maximum Gasteiger partial charge on any atom is 0.422 e. The van der Waals surface area contributed by atoms with Crippen molar-refractivity contribution >= 4 is 6.09 Å². The normalized spacial score (nSPS) is 11.2. The van der Waals surface area contributed by atoms with Gasteiger partial charge in [-0.25, -0.2) is 4.79 Å². The minimum Gasteiger partial charge on any atom is -0.440 e. The number of hydrogen-bond acceptors (Lipinski definition) is 3. The molecule has 0 aromatic heterocycles. The lowest BCUT2D eigenvalue weighted by Crippen LogP contribution is -2.29. The summed E-state index contributed by atoms with van der Waals surface area (Å²) in [6.07, 6.45) is -2.04. The number of alkyl halides is 3. The van der Waals surface area contributed by atoms with Crippen LogP contribution in [0.3, 0.4) is 0 Å². The van der Waals surface area contributed by atoms with Crippen molar-refractivity contribution in [3.05, 3.63) is 0 Å². The molecule has 4 nitrogen and oxygen atoms in total. The van der Waals surface area contributed by atoms with Crippen molar-refractivity contribution in [2.45, 2.75) is 31.9 Å². The lowest BCUT2D eigenvalue weighted by atomic mass is 10.2. The number of amides is 1. The molecule has 3 N–H and O–H groups in total. The van der Waals surface area contributed by atoms with Crippen molar-refractivity contribution in [3.8, 4) is 0 Å². The Hall–Kier alpha value is -0.980. The number of unbranched alkanes of at least 4 members (excludes halogenated alkanes) is 3. The summed E-state index contributed by atoms with van der Waals surface area (Å²) in [4.78, 5) is 10.7. The first-order valence-electron chi connectivity index (χ1n) is 5.13. The minimum absolute atomic E-state index is 0.321. The van der Waals surface area contributed by atoms with Gasteiger partial charge in [0.25, 0.3) is 0 Å². The van der Waals surface area contributed by atoms with Gasteiger partial charge in [-0.3, -0.25) is 0 Å². The van der Waals surface area contributed by atoms with E-state index in [1.807, 2.05) is 0 Å². The Morgan fingerprint density at radius 3 is 2.38 bits per heavy atom. The largest absolute Gasteiger partial charge is 0.440 e. The van der Waals surface area contributed by atoms with Crippen molar-refractivity contribution in [2.75, 3.05) is 19.7 Å². The lowest BCUT2D eigenvalue weighted by molar-refractivity contribution is -0.160. The van der Waals surface area contributed by atoms with Gasteiger partial charge in [0.2, 0.25) is 0 Å². The van der Waals surface area contributed by atoms with Crippen molar-refractivity contribution in [2.24, 2.45) is 5.73 Å². The minimum atomic E-state index is -4.47. The second kappa shape index (κ2) is 8.20. The highest BCUT2D eigenvalue weighted by atomic mass is 19.4. The first-order chi connectivity index (χ1) is 7.45. The summed E-state index contributed by atoms with van der Waals surface area (Å²) >= 11 is 0. The standard InChI is InChI=1S/C9H17F3N2O2/c10-9(11,12)7-16-8(15)14-6-4-2-1-3-5-13/h1-7,13H2,(H,14,15). The SMILES string of the molecule is NCCCCCCNC(=O)OCC(F)(F)F. The zero-order valence-corrected chi connectivity index (χ0v) is 8.98. The molecule has 0 aliphatic heterocycles. The topological polar surface area (TPSA) is 64.3 Å². The monoisotopic (exact) mass is 242 g/mol. The number of hydrogen-bond donors (Lipinski definition) is 2. The Labute approximate surface area is 92.3 Å². The number of ether oxygens (including phenoxy) is 1. The molecule has 0 saturated heterocycles. The van der Waals surface area contributed by atoms with Gasteiger partial charge in [0.05, 0.1) is 0 Å². The molecule has 0 aromatic carbocycles. The van der Waals surface area contributed by atoms with E-state index < -0.39 is 18.9 Å². The molecule has 0 radical (unpaired) electrons. The van der Waals surface area contributed by atoms with Crippen LogP contribution in [0.4, 0.5) is 18.0 Å². The Bertz CT molecular complexity index is 198. The number of carbonyl (C=O) groups excluding carboxylic acids is 1. The first-order valence-corrected chi connectivity index (χ1v) is 5.13. The van der Waals surface area contributed by atoms with Crippen molar-refractivity contribution in [3.63, 3.8) is 0 Å². The molecule has 0 saturated carbocycles. The van der Waals surface area contributed by atoms with Crippen LogP contribution < -0.4 is 11.1 Å². The van der Waals surface area contributed by atoms with Gasteiger partial charge in [-0.15, -0.1) is 0 Å². The van der Waals surface area contributed by atoms with E-state index in [0.29, 0.717) is 19.5 Å². The molecule has 0 aliphatic rings. The van der Waals surface area contributed by atoms with Crippen molar-refractivity contribution < 1.29 is 22.7 Å². The van der Waals surface area contributed by atoms with Crippen LogP contribution >= 0.6 is 0 Å². The second-order valence-electron chi connectivity index (χ2n) is 3.32. The van der Waals surface area contributed by atoms with Crippen LogP contribution in [0.2, 0.25) is 0 Å². The highest BCUT2D eigenvalue weighted by molar-refractivity contribution is 5.67. The van der Waals surface area contributed by atoms with E-state index in [1.165, 1.54) is 0 Å². The molecular formula is C9H17F3N2O2. The van der Waals surface area contributed by atoms with Gasteiger partial charge in [0.15, 0.2) is 6.61 Å². The third kappa shape index (κ3) is 11.1. The third-order valence-corrected chi connectivity index (χ3v) is 1.77. The number of alkyl carbamates (subject to hydrolysis) is 1. The summed E-state index contributed by atoms with van der Waals surface area (Å²) in [7, 11) is 0. The molecule has 0 bridgehead atoms. The predicted molar refractivity (Wildman–Crippen MR) is 52.9 cm³/mol. The lowest BCUT2D eigenvalue weighted by Gasteiger charge is -2.08. The summed E-state index contributed by atoms with van der Waals surface area (Å²) in [5.41, 5.74) is 5.28. The number of halogens is 3. The molecule has 7 heteroatoms. The van der Waals surface area contributed by atoms with E-state index in [1.54, 1.807) is 0 Å². The van der Waals surface area contributed by atoms with E-state index in [4.69, 9.17) is 5.73 Å². The van der Waals surface area contributed by atoms with E-state index in [-0.39, 0.29) is 0 Å². The molecular weight excluding hydrogens is 225 g/mol. The maximum atomic E-state index is 11.6. The quantitative estimate of drug-likeness (QED) is 0.669. The van der Waals surface area contributed by atoms with Gasteiger partial charge in [-0.2, -0.15) is 13.2 Å². The molecule has 0 spiro atoms.